The summed E-state index contributed by atoms with van der Waals surface area (Å²) in [6.45, 7) is 0. The summed E-state index contributed by atoms with van der Waals surface area (Å²) < 4.78 is 1.95. The highest BCUT2D eigenvalue weighted by Gasteiger charge is 2.06. The van der Waals surface area contributed by atoms with Gasteiger partial charge in [0.1, 0.15) is 5.82 Å². The molecule has 0 aliphatic rings. The number of hydrogen-bond acceptors (Lipinski definition) is 4. The van der Waals surface area contributed by atoms with E-state index in [4.69, 9.17) is 5.73 Å². The average Bonchev–Trinajstić information content (AvgIpc) is 2.90. The third-order valence-electron chi connectivity index (χ3n) is 2.64. The number of aromatic nitrogens is 4. The van der Waals surface area contributed by atoms with Gasteiger partial charge in [0.25, 0.3) is 0 Å². The van der Waals surface area contributed by atoms with E-state index in [2.05, 4.69) is 15.0 Å². The second-order valence-electron chi connectivity index (χ2n) is 3.83. The monoisotopic (exact) mass is 237 g/mol. The van der Waals surface area contributed by atoms with Crippen molar-refractivity contribution >= 4 is 5.82 Å². The molecular weight excluding hydrogens is 226 g/mol. The molecule has 0 amide bonds. The Morgan fingerprint density at radius 1 is 1.00 bits per heavy atom. The maximum atomic E-state index is 5.58. The minimum atomic E-state index is 0.502. The Labute approximate surface area is 104 Å². The number of imidazole rings is 1. The van der Waals surface area contributed by atoms with Gasteiger partial charge in [0.2, 0.25) is 0 Å². The zero-order valence-electron chi connectivity index (χ0n) is 9.56. The molecule has 0 atom stereocenters. The van der Waals surface area contributed by atoms with Crippen molar-refractivity contribution in [1.82, 2.24) is 19.5 Å². The highest BCUT2D eigenvalue weighted by atomic mass is 15.1. The molecule has 2 N–H and O–H groups in total. The van der Waals surface area contributed by atoms with Crippen molar-refractivity contribution in [3.05, 3.63) is 55.4 Å². The van der Waals surface area contributed by atoms with Crippen molar-refractivity contribution in [2.45, 2.75) is 0 Å². The van der Waals surface area contributed by atoms with Crippen LogP contribution >= 0.6 is 0 Å². The first-order valence-electron chi connectivity index (χ1n) is 5.49. The topological polar surface area (TPSA) is 69.6 Å². The van der Waals surface area contributed by atoms with Gasteiger partial charge in [-0.1, -0.05) is 0 Å². The predicted octanol–water partition coefficient (Wildman–Crippen LogP) is 1.91. The molecular formula is C13H11N5. The van der Waals surface area contributed by atoms with Gasteiger partial charge in [0, 0.05) is 18.0 Å². The molecule has 0 aliphatic heterocycles. The molecule has 3 aromatic rings. The molecule has 0 bridgehead atoms. The van der Waals surface area contributed by atoms with E-state index in [1.54, 1.807) is 37.2 Å². The molecule has 0 spiro atoms. The SMILES string of the molecule is Nc1ccc(-n2cncc2-c2cccnc2)cn1. The van der Waals surface area contributed by atoms with Crippen LogP contribution in [0.4, 0.5) is 5.82 Å². The van der Waals surface area contributed by atoms with Crippen LogP contribution in [-0.4, -0.2) is 19.5 Å². The summed E-state index contributed by atoms with van der Waals surface area (Å²) >= 11 is 0. The van der Waals surface area contributed by atoms with Gasteiger partial charge in [-0.05, 0) is 24.3 Å². The van der Waals surface area contributed by atoms with Crippen LogP contribution in [-0.2, 0) is 0 Å². The van der Waals surface area contributed by atoms with E-state index < -0.39 is 0 Å². The van der Waals surface area contributed by atoms with Gasteiger partial charge >= 0.3 is 0 Å². The maximum Gasteiger partial charge on any atom is 0.123 e. The Hall–Kier alpha value is -2.69. The van der Waals surface area contributed by atoms with Gasteiger partial charge in [-0.3, -0.25) is 9.55 Å². The van der Waals surface area contributed by atoms with Gasteiger partial charge in [0.05, 0.1) is 30.1 Å². The summed E-state index contributed by atoms with van der Waals surface area (Å²) in [5.74, 6) is 0.502. The highest BCUT2D eigenvalue weighted by molar-refractivity contribution is 5.60. The lowest BCUT2D eigenvalue weighted by Crippen LogP contribution is -1.97. The zero-order chi connectivity index (χ0) is 12.4. The molecule has 5 heteroatoms. The Balaban J connectivity index is 2.10. The molecule has 0 saturated heterocycles. The fourth-order valence-electron chi connectivity index (χ4n) is 1.77. The van der Waals surface area contributed by atoms with Crippen LogP contribution < -0.4 is 5.73 Å². The van der Waals surface area contributed by atoms with Crippen LogP contribution in [0.1, 0.15) is 0 Å². The lowest BCUT2D eigenvalue weighted by Gasteiger charge is -2.07. The van der Waals surface area contributed by atoms with Gasteiger partial charge in [-0.15, -0.1) is 0 Å². The smallest absolute Gasteiger partial charge is 0.123 e. The van der Waals surface area contributed by atoms with E-state index in [9.17, 15) is 0 Å². The van der Waals surface area contributed by atoms with Crippen molar-refractivity contribution in [1.29, 1.82) is 0 Å². The number of nitrogens with zero attached hydrogens (tertiary/aromatic N) is 4. The summed E-state index contributed by atoms with van der Waals surface area (Å²) in [6.07, 6.45) is 8.81. The Bertz CT molecular complexity index is 643. The fourth-order valence-corrected chi connectivity index (χ4v) is 1.77. The minimum Gasteiger partial charge on any atom is -0.384 e. The molecule has 0 saturated carbocycles. The van der Waals surface area contributed by atoms with Crippen LogP contribution in [0.3, 0.4) is 0 Å². The largest absolute Gasteiger partial charge is 0.384 e. The number of nitrogen functional groups attached to an aromatic ring is 1. The van der Waals surface area contributed by atoms with Crippen LogP contribution in [0.2, 0.25) is 0 Å². The summed E-state index contributed by atoms with van der Waals surface area (Å²) in [4.78, 5) is 12.4. The first kappa shape index (κ1) is 10.5. The Morgan fingerprint density at radius 2 is 1.94 bits per heavy atom. The zero-order valence-corrected chi connectivity index (χ0v) is 9.56. The summed E-state index contributed by atoms with van der Waals surface area (Å²) in [5.41, 5.74) is 8.47. The van der Waals surface area contributed by atoms with Gasteiger partial charge < -0.3 is 5.73 Å². The molecule has 18 heavy (non-hydrogen) atoms. The highest BCUT2D eigenvalue weighted by Crippen LogP contribution is 2.21. The Morgan fingerprint density at radius 3 is 2.67 bits per heavy atom. The number of pyridine rings is 2. The van der Waals surface area contributed by atoms with E-state index in [1.165, 1.54) is 0 Å². The summed E-state index contributed by atoms with van der Waals surface area (Å²) in [7, 11) is 0. The minimum absolute atomic E-state index is 0.502. The Kier molecular flexibility index (Phi) is 2.49. The van der Waals surface area contributed by atoms with Crippen LogP contribution in [0.5, 0.6) is 0 Å². The molecule has 3 aromatic heterocycles. The first-order valence-corrected chi connectivity index (χ1v) is 5.49. The van der Waals surface area contributed by atoms with E-state index >= 15 is 0 Å². The molecule has 0 aliphatic carbocycles. The molecule has 3 heterocycles. The van der Waals surface area contributed by atoms with E-state index in [1.807, 2.05) is 22.8 Å². The average molecular weight is 237 g/mol. The van der Waals surface area contributed by atoms with Gasteiger partial charge in [-0.2, -0.15) is 0 Å². The van der Waals surface area contributed by atoms with Crippen molar-refractivity contribution in [2.75, 3.05) is 5.73 Å². The van der Waals surface area contributed by atoms with Crippen molar-refractivity contribution in [3.63, 3.8) is 0 Å². The second-order valence-corrected chi connectivity index (χ2v) is 3.83. The molecule has 0 aromatic carbocycles. The normalized spacial score (nSPS) is 10.4. The summed E-state index contributed by atoms with van der Waals surface area (Å²) in [5, 5.41) is 0. The third kappa shape index (κ3) is 1.82. The molecule has 0 fully saturated rings. The molecule has 0 unspecified atom stereocenters. The molecule has 5 nitrogen and oxygen atoms in total. The second kappa shape index (κ2) is 4.29. The number of rotatable bonds is 2. The van der Waals surface area contributed by atoms with Crippen LogP contribution in [0, 0.1) is 0 Å². The predicted molar refractivity (Wildman–Crippen MR) is 69.0 cm³/mol. The van der Waals surface area contributed by atoms with Crippen molar-refractivity contribution < 1.29 is 0 Å². The first-order chi connectivity index (χ1) is 8.84. The van der Waals surface area contributed by atoms with E-state index in [-0.39, 0.29) is 0 Å². The quantitative estimate of drug-likeness (QED) is 0.739. The summed E-state index contributed by atoms with van der Waals surface area (Å²) in [6, 6.07) is 7.56. The maximum absolute atomic E-state index is 5.58. The van der Waals surface area contributed by atoms with Gasteiger partial charge in [-0.25, -0.2) is 9.97 Å². The van der Waals surface area contributed by atoms with Crippen LogP contribution in [0.25, 0.3) is 16.9 Å². The lowest BCUT2D eigenvalue weighted by atomic mass is 10.2. The lowest BCUT2D eigenvalue weighted by molar-refractivity contribution is 1.04. The van der Waals surface area contributed by atoms with E-state index in [0.29, 0.717) is 5.82 Å². The fraction of sp³-hybridized carbons (Fsp3) is 0. The van der Waals surface area contributed by atoms with E-state index in [0.717, 1.165) is 16.9 Å². The van der Waals surface area contributed by atoms with Crippen molar-refractivity contribution in [2.24, 2.45) is 0 Å². The molecule has 88 valence electrons. The van der Waals surface area contributed by atoms with Crippen LogP contribution in [0.15, 0.2) is 55.4 Å². The third-order valence-corrected chi connectivity index (χ3v) is 2.64. The standard InChI is InChI=1S/C13H11N5/c14-13-4-3-11(7-17-13)18-9-16-8-12(18)10-2-1-5-15-6-10/h1-9H,(H2,14,17). The number of anilines is 1. The van der Waals surface area contributed by atoms with Gasteiger partial charge in [0.15, 0.2) is 0 Å². The van der Waals surface area contributed by atoms with Crippen molar-refractivity contribution in [3.8, 4) is 16.9 Å². The molecule has 0 radical (unpaired) electrons. The number of nitrogens with two attached hydrogens (primary N) is 1. The number of hydrogen-bond donors (Lipinski definition) is 1. The molecule has 3 rings (SSSR count).